The predicted octanol–water partition coefficient (Wildman–Crippen LogP) is 3.77. The molecule has 0 spiro atoms. The molecule has 1 N–H and O–H groups in total. The van der Waals surface area contributed by atoms with Crippen molar-refractivity contribution in [3.63, 3.8) is 0 Å². The molecule has 0 radical (unpaired) electrons. The van der Waals surface area contributed by atoms with Crippen molar-refractivity contribution in [2.75, 3.05) is 0 Å². The molecule has 0 unspecified atom stereocenters. The number of rotatable bonds is 2. The molecule has 1 aromatic rings. The zero-order valence-electron chi connectivity index (χ0n) is 9.02. The second-order valence-electron chi connectivity index (χ2n) is 4.50. The third-order valence-corrected chi connectivity index (χ3v) is 4.27. The Kier molecular flexibility index (Phi) is 3.27. The fourth-order valence-electron chi connectivity index (χ4n) is 1.82. The van der Waals surface area contributed by atoms with E-state index in [9.17, 15) is 4.79 Å². The first-order chi connectivity index (χ1) is 7.50. The van der Waals surface area contributed by atoms with Gasteiger partial charge in [0.1, 0.15) is 0 Å². The van der Waals surface area contributed by atoms with E-state index in [4.69, 9.17) is 11.6 Å². The molecule has 2 rings (SSSR count). The van der Waals surface area contributed by atoms with Crippen LogP contribution >= 0.6 is 27.5 Å². The zero-order valence-corrected chi connectivity index (χ0v) is 11.4. The Morgan fingerprint density at radius 1 is 1.50 bits per heavy atom. The molecule has 0 aliphatic heterocycles. The topological polar surface area (TPSA) is 29.1 Å². The van der Waals surface area contributed by atoms with Crippen LogP contribution in [0, 0.1) is 0 Å². The van der Waals surface area contributed by atoms with Crippen molar-refractivity contribution >= 4 is 33.4 Å². The lowest BCUT2D eigenvalue weighted by Gasteiger charge is -2.39. The average molecular weight is 303 g/mol. The summed E-state index contributed by atoms with van der Waals surface area (Å²) >= 11 is 9.19. The molecule has 1 aliphatic carbocycles. The van der Waals surface area contributed by atoms with Crippen LogP contribution in [0.2, 0.25) is 5.02 Å². The van der Waals surface area contributed by atoms with Gasteiger partial charge in [-0.05, 0) is 60.3 Å². The molecule has 1 amide bonds. The summed E-state index contributed by atoms with van der Waals surface area (Å²) in [6, 6.07) is 5.22. The zero-order chi connectivity index (χ0) is 11.8. The SMILES string of the molecule is CC1(NC(=O)c2ccc(Cl)c(Br)c2)CCC1. The Balaban J connectivity index is 2.11. The highest BCUT2D eigenvalue weighted by molar-refractivity contribution is 9.10. The summed E-state index contributed by atoms with van der Waals surface area (Å²) in [5, 5.41) is 3.67. The van der Waals surface area contributed by atoms with Gasteiger partial charge in [0.25, 0.3) is 5.91 Å². The number of hydrogen-bond acceptors (Lipinski definition) is 1. The Hall–Kier alpha value is -0.540. The quantitative estimate of drug-likeness (QED) is 0.885. The third-order valence-electron chi connectivity index (χ3n) is 3.05. The Morgan fingerprint density at radius 3 is 2.69 bits per heavy atom. The molecule has 0 aromatic heterocycles. The highest BCUT2D eigenvalue weighted by atomic mass is 79.9. The fraction of sp³-hybridized carbons (Fsp3) is 0.417. The van der Waals surface area contributed by atoms with Crippen LogP contribution in [-0.2, 0) is 0 Å². The maximum Gasteiger partial charge on any atom is 0.251 e. The highest BCUT2D eigenvalue weighted by Crippen LogP contribution is 2.31. The molecule has 2 nitrogen and oxygen atoms in total. The molecular formula is C12H13BrClNO. The molecule has 86 valence electrons. The predicted molar refractivity (Wildman–Crippen MR) is 68.9 cm³/mol. The number of hydrogen-bond donors (Lipinski definition) is 1. The van der Waals surface area contributed by atoms with E-state index in [0.29, 0.717) is 10.6 Å². The van der Waals surface area contributed by atoms with Crippen LogP contribution in [0.1, 0.15) is 36.5 Å². The molecule has 16 heavy (non-hydrogen) atoms. The molecule has 0 bridgehead atoms. The summed E-state index contributed by atoms with van der Waals surface area (Å²) in [7, 11) is 0. The Morgan fingerprint density at radius 2 is 2.19 bits per heavy atom. The first-order valence-electron chi connectivity index (χ1n) is 5.28. The van der Waals surface area contributed by atoms with E-state index in [1.807, 2.05) is 0 Å². The van der Waals surface area contributed by atoms with Gasteiger partial charge in [0.15, 0.2) is 0 Å². The number of halogens is 2. The summed E-state index contributed by atoms with van der Waals surface area (Å²) in [4.78, 5) is 11.9. The third kappa shape index (κ3) is 2.41. The van der Waals surface area contributed by atoms with E-state index in [1.54, 1.807) is 18.2 Å². The highest BCUT2D eigenvalue weighted by Gasteiger charge is 2.33. The maximum absolute atomic E-state index is 11.9. The van der Waals surface area contributed by atoms with Crippen LogP contribution in [0.3, 0.4) is 0 Å². The van der Waals surface area contributed by atoms with Crippen LogP contribution in [0.25, 0.3) is 0 Å². The first kappa shape index (κ1) is 11.9. The summed E-state index contributed by atoms with van der Waals surface area (Å²) < 4.78 is 0.751. The number of nitrogens with one attached hydrogen (secondary N) is 1. The molecule has 0 saturated heterocycles. The normalized spacial score (nSPS) is 17.7. The van der Waals surface area contributed by atoms with Gasteiger partial charge >= 0.3 is 0 Å². The van der Waals surface area contributed by atoms with Gasteiger partial charge in [-0.25, -0.2) is 0 Å². The lowest BCUT2D eigenvalue weighted by Crippen LogP contribution is -2.50. The lowest BCUT2D eigenvalue weighted by molar-refractivity contribution is 0.0850. The van der Waals surface area contributed by atoms with Crippen LogP contribution in [0.15, 0.2) is 22.7 Å². The molecule has 1 aliphatic rings. The summed E-state index contributed by atoms with van der Waals surface area (Å²) in [5.74, 6) is -0.0282. The fourth-order valence-corrected chi connectivity index (χ4v) is 2.31. The van der Waals surface area contributed by atoms with Crippen molar-refractivity contribution in [3.8, 4) is 0 Å². The number of carbonyl (C=O) groups excluding carboxylic acids is 1. The summed E-state index contributed by atoms with van der Waals surface area (Å²) in [6.45, 7) is 2.08. The number of amides is 1. The molecule has 1 saturated carbocycles. The van der Waals surface area contributed by atoms with Crippen LogP contribution < -0.4 is 5.32 Å². The van der Waals surface area contributed by atoms with Gasteiger partial charge in [-0.3, -0.25) is 4.79 Å². The van der Waals surface area contributed by atoms with Gasteiger partial charge in [0.05, 0.1) is 5.02 Å². The lowest BCUT2D eigenvalue weighted by atomic mass is 9.78. The Labute approximate surface area is 108 Å². The van der Waals surface area contributed by atoms with E-state index in [-0.39, 0.29) is 11.4 Å². The van der Waals surface area contributed by atoms with E-state index in [1.165, 1.54) is 6.42 Å². The molecule has 4 heteroatoms. The summed E-state index contributed by atoms with van der Waals surface area (Å²) in [6.07, 6.45) is 3.32. The van der Waals surface area contributed by atoms with Gasteiger partial charge in [0.2, 0.25) is 0 Å². The second-order valence-corrected chi connectivity index (χ2v) is 5.76. The number of benzene rings is 1. The van der Waals surface area contributed by atoms with E-state index >= 15 is 0 Å². The molecule has 0 heterocycles. The molecule has 1 fully saturated rings. The van der Waals surface area contributed by atoms with Crippen molar-refractivity contribution < 1.29 is 4.79 Å². The first-order valence-corrected chi connectivity index (χ1v) is 6.45. The van der Waals surface area contributed by atoms with Crippen molar-refractivity contribution in [3.05, 3.63) is 33.3 Å². The van der Waals surface area contributed by atoms with Crippen LogP contribution in [-0.4, -0.2) is 11.4 Å². The minimum atomic E-state index is -0.0282. The van der Waals surface area contributed by atoms with Gasteiger partial charge < -0.3 is 5.32 Å². The van der Waals surface area contributed by atoms with E-state index < -0.39 is 0 Å². The van der Waals surface area contributed by atoms with Crippen LogP contribution in [0.4, 0.5) is 0 Å². The van der Waals surface area contributed by atoms with Crippen molar-refractivity contribution in [1.82, 2.24) is 5.32 Å². The number of carbonyl (C=O) groups is 1. The molecule has 1 aromatic carbocycles. The average Bonchev–Trinajstić information content (AvgIpc) is 2.19. The van der Waals surface area contributed by atoms with Gasteiger partial charge in [-0.15, -0.1) is 0 Å². The standard InChI is InChI=1S/C12H13BrClNO/c1-12(5-2-6-12)15-11(16)8-3-4-10(14)9(13)7-8/h3-4,7H,2,5-6H2,1H3,(H,15,16). The monoisotopic (exact) mass is 301 g/mol. The minimum absolute atomic E-state index is 0.0107. The van der Waals surface area contributed by atoms with E-state index in [0.717, 1.165) is 17.3 Å². The Bertz CT molecular complexity index is 429. The van der Waals surface area contributed by atoms with Gasteiger partial charge in [0, 0.05) is 15.6 Å². The van der Waals surface area contributed by atoms with E-state index in [2.05, 4.69) is 28.2 Å². The molecule has 0 atom stereocenters. The van der Waals surface area contributed by atoms with Crippen molar-refractivity contribution in [2.24, 2.45) is 0 Å². The summed E-state index contributed by atoms with van der Waals surface area (Å²) in [5.41, 5.74) is 0.632. The second kappa shape index (κ2) is 4.38. The maximum atomic E-state index is 11.9. The molecular weight excluding hydrogens is 289 g/mol. The smallest absolute Gasteiger partial charge is 0.251 e. The van der Waals surface area contributed by atoms with Gasteiger partial charge in [-0.2, -0.15) is 0 Å². The largest absolute Gasteiger partial charge is 0.347 e. The van der Waals surface area contributed by atoms with Crippen molar-refractivity contribution in [2.45, 2.75) is 31.7 Å². The minimum Gasteiger partial charge on any atom is -0.347 e. The van der Waals surface area contributed by atoms with Gasteiger partial charge in [-0.1, -0.05) is 11.6 Å². The van der Waals surface area contributed by atoms with Crippen LogP contribution in [0.5, 0.6) is 0 Å². The van der Waals surface area contributed by atoms with Crippen molar-refractivity contribution in [1.29, 1.82) is 0 Å².